The van der Waals surface area contributed by atoms with Gasteiger partial charge >= 0.3 is 0 Å². The second kappa shape index (κ2) is 5.90. The van der Waals surface area contributed by atoms with E-state index in [2.05, 4.69) is 0 Å². The Morgan fingerprint density at radius 1 is 1.44 bits per heavy atom. The van der Waals surface area contributed by atoms with Crippen LogP contribution in [0.3, 0.4) is 0 Å². The van der Waals surface area contributed by atoms with Crippen molar-refractivity contribution in [2.45, 2.75) is 6.42 Å². The first kappa shape index (κ1) is 13.8. The Hall–Kier alpha value is -0.238. The largest absolute Gasteiger partial charge is 0.677 e. The summed E-state index contributed by atoms with van der Waals surface area (Å²) in [5, 5.41) is 10.5. The zero-order valence-electron chi connectivity index (χ0n) is 9.10. The molecule has 0 spiro atoms. The third-order valence-corrected chi connectivity index (χ3v) is 2.47. The van der Waals surface area contributed by atoms with E-state index in [1.54, 1.807) is 19.4 Å². The van der Waals surface area contributed by atoms with E-state index in [0.29, 0.717) is 13.0 Å². The Balaban J connectivity index is 0.00000128. The summed E-state index contributed by atoms with van der Waals surface area (Å²) in [6, 6.07) is 5.49. The van der Waals surface area contributed by atoms with Crippen LogP contribution in [-0.2, 0) is 6.42 Å². The normalized spacial score (nSPS) is 10.1. The van der Waals surface area contributed by atoms with Gasteiger partial charge in [-0.3, -0.25) is 0 Å². The maximum absolute atomic E-state index is 9.60. The molecule has 0 amide bonds. The third-order valence-electron chi connectivity index (χ3n) is 2.47. The minimum absolute atomic E-state index is 0. The van der Waals surface area contributed by atoms with Crippen LogP contribution in [0.4, 0.5) is 0 Å². The first-order valence-electron chi connectivity index (χ1n) is 4.78. The summed E-state index contributed by atoms with van der Waals surface area (Å²) in [7, 11) is 1.61. The molecule has 0 saturated carbocycles. The molecule has 0 atom stereocenters. The number of rotatable bonds is 3. The molecule has 2 rings (SSSR count). The molecule has 0 saturated heterocycles. The molecule has 5 heteroatoms. The van der Waals surface area contributed by atoms with E-state index >= 15 is 0 Å². The van der Waals surface area contributed by atoms with Crippen molar-refractivity contribution < 1.29 is 54.0 Å². The van der Waals surface area contributed by atoms with Gasteiger partial charge in [-0.2, -0.15) is 4.73 Å². The summed E-state index contributed by atoms with van der Waals surface area (Å²) >= 11 is 0. The minimum Gasteiger partial charge on any atom is -0.677 e. The molecule has 0 unspecified atom stereocenters. The predicted molar refractivity (Wildman–Crippen MR) is 58.6 cm³/mol. The molecule has 1 aromatic heterocycles. The van der Waals surface area contributed by atoms with Crippen LogP contribution in [0, 0.1) is 44.1 Å². The SMILES string of the molecule is COc1ccc2c(c1)c(CC[NH-])cn2O.[Ac]. The van der Waals surface area contributed by atoms with Gasteiger partial charge in [0.1, 0.15) is 5.75 Å². The third kappa shape index (κ3) is 2.53. The van der Waals surface area contributed by atoms with Gasteiger partial charge in [-0.05, 0) is 30.2 Å². The Bertz CT molecular complexity index is 482. The summed E-state index contributed by atoms with van der Waals surface area (Å²) in [4.78, 5) is 0. The molecule has 2 N–H and O–H groups in total. The molecule has 1 heterocycles. The molecule has 1 radical (unpaired) electrons. The van der Waals surface area contributed by atoms with Crippen molar-refractivity contribution in [3.05, 3.63) is 35.7 Å². The number of hydrogen-bond donors (Lipinski definition) is 1. The molecule has 1 aromatic carbocycles. The van der Waals surface area contributed by atoms with Gasteiger partial charge in [0.2, 0.25) is 0 Å². The van der Waals surface area contributed by atoms with Crippen LogP contribution in [0.15, 0.2) is 24.4 Å². The zero-order valence-corrected chi connectivity index (χ0v) is 13.8. The van der Waals surface area contributed by atoms with Gasteiger partial charge in [-0.15, -0.1) is 6.54 Å². The minimum atomic E-state index is 0. The monoisotopic (exact) mass is 432 g/mol. The second-order valence-corrected chi connectivity index (χ2v) is 3.38. The van der Waals surface area contributed by atoms with Crippen molar-refractivity contribution in [1.82, 2.24) is 4.73 Å². The van der Waals surface area contributed by atoms with Crippen molar-refractivity contribution in [1.29, 1.82) is 0 Å². The summed E-state index contributed by atoms with van der Waals surface area (Å²) in [5.74, 6) is 0.764. The summed E-state index contributed by atoms with van der Waals surface area (Å²) in [6.45, 7) is 0.316. The van der Waals surface area contributed by atoms with Crippen LogP contribution in [-0.4, -0.2) is 23.6 Å². The van der Waals surface area contributed by atoms with Gasteiger partial charge < -0.3 is 15.7 Å². The fourth-order valence-electron chi connectivity index (χ4n) is 1.72. The van der Waals surface area contributed by atoms with E-state index in [0.717, 1.165) is 26.9 Å². The maximum Gasteiger partial charge on any atom is 0.119 e. The molecule has 0 fully saturated rings. The molecule has 4 nitrogen and oxygen atoms in total. The van der Waals surface area contributed by atoms with E-state index in [1.807, 2.05) is 12.1 Å². The fraction of sp³-hybridized carbons (Fsp3) is 0.273. The average molecular weight is 432 g/mol. The standard InChI is InChI=1S/C11H13N2O2.Ac/c1-15-9-2-3-11-10(6-9)8(4-5-12)7-13(11)14;/h2-3,6-7,12,14H,4-5H2,1H3;/q-1;. The smallest absolute Gasteiger partial charge is 0.119 e. The van der Waals surface area contributed by atoms with Gasteiger partial charge in [0.15, 0.2) is 0 Å². The fourth-order valence-corrected chi connectivity index (χ4v) is 1.72. The van der Waals surface area contributed by atoms with Gasteiger partial charge in [-0.1, -0.05) is 0 Å². The number of fused-ring (bicyclic) bond motifs is 1. The van der Waals surface area contributed by atoms with Crippen molar-refractivity contribution in [3.63, 3.8) is 0 Å². The molecule has 0 aliphatic heterocycles. The average Bonchev–Trinajstić information content (AvgIpc) is 2.56. The predicted octanol–water partition coefficient (Wildman–Crippen LogP) is 2.48. The molecule has 2 aromatic rings. The summed E-state index contributed by atoms with van der Waals surface area (Å²) in [5.41, 5.74) is 8.92. The number of benzene rings is 1. The molecule has 0 bridgehead atoms. The first-order chi connectivity index (χ1) is 7.26. The van der Waals surface area contributed by atoms with E-state index in [4.69, 9.17) is 10.5 Å². The summed E-state index contributed by atoms with van der Waals surface area (Å²) < 4.78 is 6.22. The molecule has 0 aliphatic carbocycles. The maximum atomic E-state index is 9.60. The molecule has 0 aliphatic rings. The van der Waals surface area contributed by atoms with E-state index in [9.17, 15) is 5.21 Å². The van der Waals surface area contributed by atoms with E-state index < -0.39 is 0 Å². The van der Waals surface area contributed by atoms with Crippen molar-refractivity contribution in [2.24, 2.45) is 0 Å². The van der Waals surface area contributed by atoms with Crippen LogP contribution < -0.4 is 4.74 Å². The molecular weight excluding hydrogens is 419 g/mol. The Labute approximate surface area is 130 Å². The van der Waals surface area contributed by atoms with Gasteiger partial charge in [-0.25, -0.2) is 0 Å². The van der Waals surface area contributed by atoms with Crippen LogP contribution in [0.2, 0.25) is 0 Å². The van der Waals surface area contributed by atoms with E-state index in [1.165, 1.54) is 0 Å². The van der Waals surface area contributed by atoms with Crippen molar-refractivity contribution in [2.75, 3.05) is 13.7 Å². The number of nitrogens with zero attached hydrogens (tertiary/aromatic N) is 1. The molecule has 83 valence electrons. The van der Waals surface area contributed by atoms with Gasteiger partial charge in [0, 0.05) is 55.6 Å². The number of nitrogens with one attached hydrogen (secondary N) is 1. The van der Waals surface area contributed by atoms with Crippen LogP contribution in [0.1, 0.15) is 5.56 Å². The molecule has 16 heavy (non-hydrogen) atoms. The Morgan fingerprint density at radius 2 is 2.19 bits per heavy atom. The Kier molecular flexibility index (Phi) is 5.10. The van der Waals surface area contributed by atoms with Crippen LogP contribution >= 0.6 is 0 Å². The van der Waals surface area contributed by atoms with Crippen LogP contribution in [0.25, 0.3) is 16.6 Å². The molecular formula is C11H13AcN2O2-. The number of ether oxygens (including phenoxy) is 1. The quantitative estimate of drug-likeness (QED) is 0.758. The topological polar surface area (TPSA) is 58.2 Å². The van der Waals surface area contributed by atoms with Crippen LogP contribution in [0.5, 0.6) is 5.75 Å². The summed E-state index contributed by atoms with van der Waals surface area (Å²) in [6.07, 6.45) is 2.29. The number of hydrogen-bond acceptors (Lipinski definition) is 2. The van der Waals surface area contributed by atoms with E-state index in [-0.39, 0.29) is 44.1 Å². The Morgan fingerprint density at radius 3 is 2.81 bits per heavy atom. The van der Waals surface area contributed by atoms with Crippen molar-refractivity contribution in [3.8, 4) is 5.75 Å². The van der Waals surface area contributed by atoms with Crippen molar-refractivity contribution >= 4 is 10.9 Å². The zero-order chi connectivity index (χ0) is 10.8. The number of aromatic nitrogens is 1. The second-order valence-electron chi connectivity index (χ2n) is 3.38. The number of methoxy groups -OCH3 is 1. The first-order valence-corrected chi connectivity index (χ1v) is 4.78. The van der Waals surface area contributed by atoms with Gasteiger partial charge in [0.05, 0.1) is 12.6 Å². The van der Waals surface area contributed by atoms with Gasteiger partial charge in [0.25, 0.3) is 0 Å².